The summed E-state index contributed by atoms with van der Waals surface area (Å²) >= 11 is 0. The van der Waals surface area contributed by atoms with Gasteiger partial charge in [0.15, 0.2) is 5.78 Å². The van der Waals surface area contributed by atoms with E-state index in [0.717, 1.165) is 19.3 Å². The molecule has 3 aliphatic carbocycles. The zero-order valence-electron chi connectivity index (χ0n) is 17.2. The van der Waals surface area contributed by atoms with Crippen molar-refractivity contribution in [2.24, 2.45) is 29.6 Å². The molecule has 0 unspecified atom stereocenters. The molecule has 3 saturated carbocycles. The van der Waals surface area contributed by atoms with Crippen LogP contribution in [0, 0.1) is 29.6 Å². The number of rotatable bonds is 4. The Balaban J connectivity index is 1.22. The van der Waals surface area contributed by atoms with Crippen LogP contribution in [-0.4, -0.2) is 39.4 Å². The van der Waals surface area contributed by atoms with Gasteiger partial charge >= 0.3 is 0 Å². The van der Waals surface area contributed by atoms with Gasteiger partial charge in [-0.2, -0.15) is 0 Å². The van der Waals surface area contributed by atoms with E-state index < -0.39 is 0 Å². The molecule has 1 N–H and O–H groups in total. The van der Waals surface area contributed by atoms with Crippen LogP contribution in [0.5, 0.6) is 0 Å². The third kappa shape index (κ3) is 2.97. The van der Waals surface area contributed by atoms with Crippen LogP contribution in [0.4, 0.5) is 5.69 Å². The molecule has 4 atom stereocenters. The Labute approximate surface area is 175 Å². The van der Waals surface area contributed by atoms with Gasteiger partial charge < -0.3 is 5.32 Å². The number of amides is 3. The zero-order chi connectivity index (χ0) is 21.0. The van der Waals surface area contributed by atoms with Gasteiger partial charge in [0.2, 0.25) is 17.7 Å². The second-order valence-corrected chi connectivity index (χ2v) is 9.40. The molecule has 2 heterocycles. The molecular formula is C23H27N3O4. The molecule has 1 saturated heterocycles. The molecule has 1 aromatic heterocycles. The fraction of sp³-hybridized carbons (Fsp3) is 0.609. The molecule has 4 fully saturated rings. The van der Waals surface area contributed by atoms with E-state index in [1.165, 1.54) is 19.3 Å². The smallest absolute Gasteiger partial charge is 0.233 e. The first kappa shape index (κ1) is 19.4. The number of nitrogens with zero attached hydrogens (tertiary/aromatic N) is 2. The Morgan fingerprint density at radius 1 is 1.00 bits per heavy atom. The Kier molecular flexibility index (Phi) is 4.71. The summed E-state index contributed by atoms with van der Waals surface area (Å²) in [6.07, 6.45) is 8.83. The van der Waals surface area contributed by atoms with Crippen LogP contribution in [0.15, 0.2) is 18.5 Å². The molecule has 1 aliphatic heterocycles. The minimum atomic E-state index is -0.190. The summed E-state index contributed by atoms with van der Waals surface area (Å²) in [7, 11) is 0. The van der Waals surface area contributed by atoms with E-state index in [1.807, 2.05) is 0 Å². The number of aromatic nitrogens is 1. The fourth-order valence-electron chi connectivity index (χ4n) is 6.42. The molecule has 7 nitrogen and oxygen atoms in total. The number of ketones is 1. The number of hydrogen-bond donors (Lipinski definition) is 1. The number of Topliss-reactive ketones (excluding diaryl/α,β-unsaturated/α-hetero) is 1. The van der Waals surface area contributed by atoms with Gasteiger partial charge in [-0.15, -0.1) is 0 Å². The highest BCUT2D eigenvalue weighted by Crippen LogP contribution is 2.56. The summed E-state index contributed by atoms with van der Waals surface area (Å²) in [5, 5.41) is 2.85. The molecule has 0 spiro atoms. The van der Waals surface area contributed by atoms with E-state index in [2.05, 4.69) is 10.3 Å². The van der Waals surface area contributed by atoms with Crippen molar-refractivity contribution in [1.29, 1.82) is 0 Å². The fourth-order valence-corrected chi connectivity index (χ4v) is 6.42. The largest absolute Gasteiger partial charge is 0.324 e. The Morgan fingerprint density at radius 2 is 1.63 bits per heavy atom. The number of likely N-dealkylation sites (tertiary alicyclic amines) is 1. The summed E-state index contributed by atoms with van der Waals surface area (Å²) < 4.78 is 0. The maximum Gasteiger partial charge on any atom is 0.233 e. The van der Waals surface area contributed by atoms with Crippen LogP contribution in [0.3, 0.4) is 0 Å². The van der Waals surface area contributed by atoms with Crippen molar-refractivity contribution in [1.82, 2.24) is 9.88 Å². The second-order valence-electron chi connectivity index (χ2n) is 9.40. The standard InChI is InChI=1S/C23H27N3O4/c1-12(27)17-8-9-24-11-18(17)25-21(28)13-4-6-16(7-5-13)26-22(29)19-14-2-3-15(10-14)20(19)23(26)30/h8-9,11,13-16,19-20H,2-7,10H2,1H3,(H,25,28)/t13?,14-,15+,16?,19-,20+. The number of imide groups is 1. The van der Waals surface area contributed by atoms with Crippen molar-refractivity contribution >= 4 is 29.2 Å². The molecule has 4 aliphatic rings. The first-order chi connectivity index (χ1) is 14.5. The SMILES string of the molecule is CC(=O)c1ccncc1NC(=O)C1CCC(N2C(=O)[C@@H]3[C@@H]4CC[C@@H](C4)[C@@H]3C2=O)CC1. The molecule has 30 heavy (non-hydrogen) atoms. The minimum Gasteiger partial charge on any atom is -0.324 e. The van der Waals surface area contributed by atoms with Gasteiger partial charge in [0.05, 0.1) is 23.7 Å². The average Bonchev–Trinajstić information content (AvgIpc) is 3.42. The van der Waals surface area contributed by atoms with Crippen molar-refractivity contribution in [2.45, 2.75) is 57.9 Å². The first-order valence-corrected chi connectivity index (χ1v) is 11.1. The molecule has 158 valence electrons. The minimum absolute atomic E-state index is 0.0477. The molecule has 7 heteroatoms. The Bertz CT molecular complexity index is 893. The van der Waals surface area contributed by atoms with Crippen molar-refractivity contribution in [3.63, 3.8) is 0 Å². The van der Waals surface area contributed by atoms with Crippen LogP contribution in [0.25, 0.3) is 0 Å². The summed E-state index contributed by atoms with van der Waals surface area (Å²) in [4.78, 5) is 56.2. The van der Waals surface area contributed by atoms with Gasteiger partial charge in [-0.1, -0.05) is 0 Å². The van der Waals surface area contributed by atoms with Gasteiger partial charge in [-0.05, 0) is 69.8 Å². The highest BCUT2D eigenvalue weighted by atomic mass is 16.2. The molecule has 3 amide bonds. The van der Waals surface area contributed by atoms with E-state index in [0.29, 0.717) is 48.8 Å². The van der Waals surface area contributed by atoms with Crippen LogP contribution in [0.2, 0.25) is 0 Å². The Hall–Kier alpha value is -2.57. The number of nitrogens with one attached hydrogen (secondary N) is 1. The third-order valence-electron chi connectivity index (χ3n) is 7.85. The average molecular weight is 409 g/mol. The summed E-state index contributed by atoms with van der Waals surface area (Å²) in [6, 6.07) is 1.52. The van der Waals surface area contributed by atoms with E-state index >= 15 is 0 Å². The molecule has 0 aromatic carbocycles. The van der Waals surface area contributed by atoms with Gasteiger partial charge in [-0.3, -0.25) is 29.1 Å². The van der Waals surface area contributed by atoms with Crippen LogP contribution in [0.1, 0.15) is 62.2 Å². The number of carbonyl (C=O) groups is 4. The van der Waals surface area contributed by atoms with Crippen molar-refractivity contribution < 1.29 is 19.2 Å². The quantitative estimate of drug-likeness (QED) is 0.609. The molecule has 5 rings (SSSR count). The lowest BCUT2D eigenvalue weighted by Crippen LogP contribution is -2.44. The van der Waals surface area contributed by atoms with Crippen LogP contribution in [-0.2, 0) is 14.4 Å². The van der Waals surface area contributed by atoms with Gasteiger partial charge in [0.1, 0.15) is 0 Å². The monoisotopic (exact) mass is 409 g/mol. The predicted molar refractivity (Wildman–Crippen MR) is 108 cm³/mol. The third-order valence-corrected chi connectivity index (χ3v) is 7.85. The maximum atomic E-state index is 13.0. The van der Waals surface area contributed by atoms with Gasteiger partial charge in [-0.25, -0.2) is 0 Å². The van der Waals surface area contributed by atoms with Gasteiger partial charge in [0, 0.05) is 23.7 Å². The molecule has 0 radical (unpaired) electrons. The van der Waals surface area contributed by atoms with Crippen LogP contribution < -0.4 is 5.32 Å². The topological polar surface area (TPSA) is 96.4 Å². The number of anilines is 1. The maximum absolute atomic E-state index is 13.0. The zero-order valence-corrected chi connectivity index (χ0v) is 17.2. The molecule has 1 aromatic rings. The number of fused-ring (bicyclic) bond motifs is 5. The highest BCUT2D eigenvalue weighted by molar-refractivity contribution is 6.06. The molecular weight excluding hydrogens is 382 g/mol. The lowest BCUT2D eigenvalue weighted by molar-refractivity contribution is -0.144. The van der Waals surface area contributed by atoms with Crippen LogP contribution >= 0.6 is 0 Å². The lowest BCUT2D eigenvalue weighted by atomic mass is 9.81. The van der Waals surface area contributed by atoms with Gasteiger partial charge in [0.25, 0.3) is 0 Å². The number of carbonyl (C=O) groups excluding carboxylic acids is 4. The van der Waals surface area contributed by atoms with E-state index in [1.54, 1.807) is 11.0 Å². The lowest BCUT2D eigenvalue weighted by Gasteiger charge is -2.33. The number of hydrogen-bond acceptors (Lipinski definition) is 5. The van der Waals surface area contributed by atoms with Crippen molar-refractivity contribution in [3.05, 3.63) is 24.0 Å². The summed E-state index contributed by atoms with van der Waals surface area (Å²) in [5.74, 6) is 0.306. The predicted octanol–water partition coefficient (Wildman–Crippen LogP) is 2.81. The normalized spacial score (nSPS) is 34.9. The van der Waals surface area contributed by atoms with E-state index in [4.69, 9.17) is 0 Å². The second kappa shape index (κ2) is 7.29. The van der Waals surface area contributed by atoms with E-state index in [-0.39, 0.29) is 47.3 Å². The Morgan fingerprint density at radius 3 is 2.23 bits per heavy atom. The summed E-state index contributed by atoms with van der Waals surface area (Å²) in [5.41, 5.74) is 0.881. The van der Waals surface area contributed by atoms with E-state index in [9.17, 15) is 19.2 Å². The van der Waals surface area contributed by atoms with Crippen molar-refractivity contribution in [3.8, 4) is 0 Å². The molecule has 2 bridgehead atoms. The summed E-state index contributed by atoms with van der Waals surface area (Å²) in [6.45, 7) is 1.46. The van der Waals surface area contributed by atoms with Crippen molar-refractivity contribution in [2.75, 3.05) is 5.32 Å². The number of pyridine rings is 1. The first-order valence-electron chi connectivity index (χ1n) is 11.1. The highest BCUT2D eigenvalue weighted by Gasteiger charge is 2.61.